The van der Waals surface area contributed by atoms with Crippen molar-refractivity contribution in [2.75, 3.05) is 13.6 Å². The lowest BCUT2D eigenvalue weighted by Crippen LogP contribution is -2.46. The largest absolute Gasteiger partial charge is 0.312 e. The maximum Gasteiger partial charge on any atom is 0.0481 e. The molecule has 3 rings (SSSR count). The number of benzene rings is 1. The van der Waals surface area contributed by atoms with Crippen molar-refractivity contribution in [2.24, 2.45) is 0 Å². The maximum atomic E-state index is 3.57. The van der Waals surface area contributed by atoms with Gasteiger partial charge in [-0.2, -0.15) is 0 Å². The monoisotopic (exact) mass is 258 g/mol. The summed E-state index contributed by atoms with van der Waals surface area (Å²) >= 11 is 0. The van der Waals surface area contributed by atoms with Crippen LogP contribution < -0.4 is 5.32 Å². The van der Waals surface area contributed by atoms with Gasteiger partial charge in [0.25, 0.3) is 0 Å². The molecule has 0 saturated carbocycles. The summed E-state index contributed by atoms with van der Waals surface area (Å²) in [5.74, 6) is 0. The summed E-state index contributed by atoms with van der Waals surface area (Å²) in [6.45, 7) is 3.69. The molecule has 104 valence electrons. The average molecular weight is 258 g/mol. The Kier molecular flexibility index (Phi) is 3.90. The van der Waals surface area contributed by atoms with E-state index in [4.69, 9.17) is 0 Å². The summed E-state index contributed by atoms with van der Waals surface area (Å²) in [5, 5.41) is 3.57. The molecule has 2 aliphatic rings. The van der Waals surface area contributed by atoms with Crippen LogP contribution in [0.4, 0.5) is 0 Å². The molecular weight excluding hydrogens is 232 g/mol. The van der Waals surface area contributed by atoms with Crippen LogP contribution >= 0.6 is 0 Å². The van der Waals surface area contributed by atoms with E-state index in [0.717, 1.165) is 6.04 Å². The molecule has 19 heavy (non-hydrogen) atoms. The number of likely N-dealkylation sites (N-methyl/N-ethyl adjacent to an activating group) is 1. The van der Waals surface area contributed by atoms with Crippen molar-refractivity contribution < 1.29 is 0 Å². The normalized spacial score (nSPS) is 32.0. The quantitative estimate of drug-likeness (QED) is 0.876. The lowest BCUT2D eigenvalue weighted by molar-refractivity contribution is 0.125. The molecule has 0 radical (unpaired) electrons. The molecule has 3 unspecified atom stereocenters. The minimum atomic E-state index is 0.511. The fraction of sp³-hybridized carbons (Fsp3) is 0.647. The van der Waals surface area contributed by atoms with Crippen LogP contribution in [0.5, 0.6) is 0 Å². The summed E-state index contributed by atoms with van der Waals surface area (Å²) < 4.78 is 0. The standard InChI is InChI=1S/C17H26N2/c1-13-8-4-3-7-11-19(13)16-12-14-9-5-6-10-15(14)17(16)18-2/h5-6,9-10,13,16-18H,3-4,7-8,11-12H2,1-2H3. The Morgan fingerprint density at radius 2 is 2.00 bits per heavy atom. The first-order chi connectivity index (χ1) is 9.31. The van der Waals surface area contributed by atoms with Crippen molar-refractivity contribution >= 4 is 0 Å². The van der Waals surface area contributed by atoms with Crippen LogP contribution in [0.3, 0.4) is 0 Å². The minimum absolute atomic E-state index is 0.511. The van der Waals surface area contributed by atoms with Gasteiger partial charge >= 0.3 is 0 Å². The average Bonchev–Trinajstić information content (AvgIpc) is 2.67. The Labute approximate surface area is 117 Å². The number of nitrogens with zero attached hydrogens (tertiary/aromatic N) is 1. The Hall–Kier alpha value is -0.860. The third kappa shape index (κ3) is 2.44. The summed E-state index contributed by atoms with van der Waals surface area (Å²) in [4.78, 5) is 2.77. The molecular formula is C17H26N2. The zero-order valence-corrected chi connectivity index (χ0v) is 12.2. The lowest BCUT2D eigenvalue weighted by atomic mass is 10.0. The third-order valence-corrected chi connectivity index (χ3v) is 5.05. The van der Waals surface area contributed by atoms with Gasteiger partial charge in [0.1, 0.15) is 0 Å². The second-order valence-electron chi connectivity index (χ2n) is 6.17. The van der Waals surface area contributed by atoms with E-state index in [1.165, 1.54) is 44.2 Å². The molecule has 2 nitrogen and oxygen atoms in total. The predicted molar refractivity (Wildman–Crippen MR) is 80.4 cm³/mol. The highest BCUT2D eigenvalue weighted by atomic mass is 15.2. The van der Waals surface area contributed by atoms with Gasteiger partial charge in [-0.05, 0) is 50.9 Å². The fourth-order valence-corrected chi connectivity index (χ4v) is 4.02. The second-order valence-corrected chi connectivity index (χ2v) is 6.17. The predicted octanol–water partition coefficient (Wildman–Crippen LogP) is 3.14. The van der Waals surface area contributed by atoms with Crippen LogP contribution in [-0.4, -0.2) is 30.6 Å². The van der Waals surface area contributed by atoms with E-state index in [-0.39, 0.29) is 0 Å². The molecule has 0 aromatic heterocycles. The van der Waals surface area contributed by atoms with Crippen LogP contribution in [0.2, 0.25) is 0 Å². The third-order valence-electron chi connectivity index (χ3n) is 5.05. The highest BCUT2D eigenvalue weighted by Gasteiger charge is 2.37. The molecule has 0 amide bonds. The van der Waals surface area contributed by atoms with Gasteiger partial charge in [0.15, 0.2) is 0 Å². The molecule has 1 aliphatic carbocycles. The van der Waals surface area contributed by atoms with Crippen LogP contribution in [0.1, 0.15) is 49.8 Å². The summed E-state index contributed by atoms with van der Waals surface area (Å²) in [6.07, 6.45) is 6.76. The van der Waals surface area contributed by atoms with Crippen LogP contribution in [0, 0.1) is 0 Å². The van der Waals surface area contributed by atoms with E-state index in [9.17, 15) is 0 Å². The molecule has 1 fully saturated rings. The topological polar surface area (TPSA) is 15.3 Å². The molecule has 1 aromatic rings. The molecule has 1 N–H and O–H groups in total. The van der Waals surface area contributed by atoms with Crippen molar-refractivity contribution in [3.05, 3.63) is 35.4 Å². The zero-order valence-electron chi connectivity index (χ0n) is 12.2. The fourth-order valence-electron chi connectivity index (χ4n) is 4.02. The first-order valence-corrected chi connectivity index (χ1v) is 7.82. The highest BCUT2D eigenvalue weighted by molar-refractivity contribution is 5.37. The van der Waals surface area contributed by atoms with E-state index in [1.807, 2.05) is 0 Å². The number of rotatable bonds is 2. The highest BCUT2D eigenvalue weighted by Crippen LogP contribution is 2.36. The Morgan fingerprint density at radius 1 is 1.16 bits per heavy atom. The molecule has 1 heterocycles. The van der Waals surface area contributed by atoms with Crippen molar-refractivity contribution in [3.63, 3.8) is 0 Å². The van der Waals surface area contributed by atoms with Gasteiger partial charge in [0, 0.05) is 18.1 Å². The molecule has 1 saturated heterocycles. The van der Waals surface area contributed by atoms with Crippen LogP contribution in [-0.2, 0) is 6.42 Å². The second kappa shape index (κ2) is 5.64. The summed E-state index contributed by atoms with van der Waals surface area (Å²) in [7, 11) is 2.11. The summed E-state index contributed by atoms with van der Waals surface area (Å²) in [5.41, 5.74) is 3.06. The number of nitrogens with one attached hydrogen (secondary N) is 1. The molecule has 1 aromatic carbocycles. The van der Waals surface area contributed by atoms with Gasteiger partial charge < -0.3 is 5.32 Å². The Bertz CT molecular complexity index is 429. The number of likely N-dealkylation sites (tertiary alicyclic amines) is 1. The molecule has 0 spiro atoms. The minimum Gasteiger partial charge on any atom is -0.312 e. The van der Waals surface area contributed by atoms with Gasteiger partial charge in [-0.1, -0.05) is 37.1 Å². The number of hydrogen-bond acceptors (Lipinski definition) is 2. The van der Waals surface area contributed by atoms with Gasteiger partial charge in [-0.15, -0.1) is 0 Å². The zero-order chi connectivity index (χ0) is 13.2. The molecule has 2 heteroatoms. The van der Waals surface area contributed by atoms with Crippen molar-refractivity contribution in [2.45, 2.75) is 57.2 Å². The lowest BCUT2D eigenvalue weighted by Gasteiger charge is -2.36. The van der Waals surface area contributed by atoms with Crippen molar-refractivity contribution in [1.82, 2.24) is 10.2 Å². The van der Waals surface area contributed by atoms with E-state index < -0.39 is 0 Å². The number of fused-ring (bicyclic) bond motifs is 1. The Morgan fingerprint density at radius 3 is 2.84 bits per heavy atom. The van der Waals surface area contributed by atoms with Crippen LogP contribution in [0.15, 0.2) is 24.3 Å². The van der Waals surface area contributed by atoms with Gasteiger partial charge in [0.2, 0.25) is 0 Å². The van der Waals surface area contributed by atoms with Crippen molar-refractivity contribution in [1.29, 1.82) is 0 Å². The van der Waals surface area contributed by atoms with Crippen molar-refractivity contribution in [3.8, 4) is 0 Å². The van der Waals surface area contributed by atoms with Gasteiger partial charge in [-0.25, -0.2) is 0 Å². The maximum absolute atomic E-state index is 3.57. The smallest absolute Gasteiger partial charge is 0.0481 e. The van der Waals surface area contributed by atoms with Crippen LogP contribution in [0.25, 0.3) is 0 Å². The molecule has 0 bridgehead atoms. The first-order valence-electron chi connectivity index (χ1n) is 7.82. The van der Waals surface area contributed by atoms with E-state index in [2.05, 4.69) is 48.5 Å². The SMILES string of the molecule is CNC1c2ccccc2CC1N1CCCCCC1C. The van der Waals surface area contributed by atoms with Gasteiger partial charge in [0.05, 0.1) is 0 Å². The van der Waals surface area contributed by atoms with E-state index in [0.29, 0.717) is 12.1 Å². The first kappa shape index (κ1) is 13.1. The Balaban J connectivity index is 1.85. The molecule has 3 atom stereocenters. The van der Waals surface area contributed by atoms with E-state index in [1.54, 1.807) is 5.56 Å². The summed E-state index contributed by atoms with van der Waals surface area (Å²) in [6, 6.07) is 10.9. The van der Waals surface area contributed by atoms with E-state index >= 15 is 0 Å². The number of hydrogen-bond donors (Lipinski definition) is 1. The molecule has 1 aliphatic heterocycles. The van der Waals surface area contributed by atoms with Gasteiger partial charge in [-0.3, -0.25) is 4.90 Å².